The first kappa shape index (κ1) is 15.0. The molecule has 2 aromatic heterocycles. The molecule has 3 rings (SSSR count). The van der Waals surface area contributed by atoms with Crippen molar-refractivity contribution in [2.45, 2.75) is 13.2 Å². The molecule has 1 amide bonds. The summed E-state index contributed by atoms with van der Waals surface area (Å²) in [7, 11) is 1.67. The number of hydrogen-bond donors (Lipinski definition) is 1. The third kappa shape index (κ3) is 3.46. The van der Waals surface area contributed by atoms with Crippen molar-refractivity contribution in [3.63, 3.8) is 0 Å². The highest BCUT2D eigenvalue weighted by Gasteiger charge is 2.07. The average molecular weight is 312 g/mol. The monoisotopic (exact) mass is 312 g/mol. The molecule has 0 atom stereocenters. The molecule has 0 aliphatic carbocycles. The largest absolute Gasteiger partial charge is 0.443 e. The third-order valence-corrected chi connectivity index (χ3v) is 3.31. The lowest BCUT2D eigenvalue weighted by Gasteiger charge is -2.00. The Hall–Kier alpha value is -2.93. The molecule has 0 bridgehead atoms. The lowest BCUT2D eigenvalue weighted by atomic mass is 10.1. The van der Waals surface area contributed by atoms with Gasteiger partial charge in [0.05, 0.1) is 18.0 Å². The molecule has 0 aliphatic rings. The molecular formula is C16H16N4O3. The highest BCUT2D eigenvalue weighted by Crippen LogP contribution is 2.19. The molecule has 0 fully saturated rings. The number of aromatic nitrogens is 3. The topological polar surface area (TPSA) is 91.7 Å². The van der Waals surface area contributed by atoms with Gasteiger partial charge in [0.15, 0.2) is 0 Å². The van der Waals surface area contributed by atoms with Crippen LogP contribution < -0.4 is 5.73 Å². The smallest absolute Gasteiger partial charge is 0.404 e. The predicted octanol–water partition coefficient (Wildman–Crippen LogP) is 2.14. The second-order valence-corrected chi connectivity index (χ2v) is 4.99. The van der Waals surface area contributed by atoms with E-state index in [4.69, 9.17) is 15.2 Å². The van der Waals surface area contributed by atoms with Crippen LogP contribution in [-0.2, 0) is 22.7 Å². The fourth-order valence-corrected chi connectivity index (χ4v) is 2.21. The number of methoxy groups -OCH3 is 1. The number of nitrogens with two attached hydrogens (primary N) is 1. The summed E-state index contributed by atoms with van der Waals surface area (Å²) in [4.78, 5) is 19.5. The molecule has 7 nitrogen and oxygen atoms in total. The van der Waals surface area contributed by atoms with Gasteiger partial charge in [-0.25, -0.2) is 14.8 Å². The van der Waals surface area contributed by atoms with Crippen LogP contribution in [0.1, 0.15) is 11.3 Å². The Morgan fingerprint density at radius 1 is 1.17 bits per heavy atom. The van der Waals surface area contributed by atoms with Crippen molar-refractivity contribution in [1.29, 1.82) is 0 Å². The van der Waals surface area contributed by atoms with Crippen molar-refractivity contribution in [3.05, 3.63) is 54.0 Å². The summed E-state index contributed by atoms with van der Waals surface area (Å²) < 4.78 is 11.6. The van der Waals surface area contributed by atoms with Gasteiger partial charge in [0.25, 0.3) is 0 Å². The van der Waals surface area contributed by atoms with Crippen molar-refractivity contribution in [2.75, 3.05) is 7.11 Å². The second kappa shape index (κ2) is 6.45. The van der Waals surface area contributed by atoms with Crippen molar-refractivity contribution in [3.8, 4) is 11.3 Å². The fourth-order valence-electron chi connectivity index (χ4n) is 2.21. The standard InChI is InChI=1S/C16H16N4O3/c1-22-9-11-2-4-12(5-3-11)14-8-20-7-6-13(10-23-15(17)21)18-16(20)19-14/h2-8H,9-10H2,1H3,(H2,17,21). The van der Waals surface area contributed by atoms with Gasteiger partial charge >= 0.3 is 6.09 Å². The SMILES string of the molecule is COCc1ccc(-c2cn3ccc(COC(N)=O)nc3n2)cc1. The summed E-state index contributed by atoms with van der Waals surface area (Å²) in [6.07, 6.45) is 2.89. The van der Waals surface area contributed by atoms with E-state index in [1.165, 1.54) is 0 Å². The Morgan fingerprint density at radius 2 is 1.96 bits per heavy atom. The Balaban J connectivity index is 1.85. The molecule has 0 unspecified atom stereocenters. The summed E-state index contributed by atoms with van der Waals surface area (Å²) in [5, 5.41) is 0. The molecule has 7 heteroatoms. The van der Waals surface area contributed by atoms with E-state index in [-0.39, 0.29) is 6.61 Å². The van der Waals surface area contributed by atoms with Gasteiger partial charge in [-0.1, -0.05) is 24.3 Å². The second-order valence-electron chi connectivity index (χ2n) is 4.99. The molecule has 0 saturated heterocycles. The molecule has 1 aromatic carbocycles. The number of fused-ring (bicyclic) bond motifs is 1. The predicted molar refractivity (Wildman–Crippen MR) is 83.5 cm³/mol. The maximum atomic E-state index is 10.6. The quantitative estimate of drug-likeness (QED) is 0.779. The summed E-state index contributed by atoms with van der Waals surface area (Å²) in [6, 6.07) is 9.74. The zero-order valence-electron chi connectivity index (χ0n) is 12.6. The van der Waals surface area contributed by atoms with E-state index in [9.17, 15) is 4.79 Å². The van der Waals surface area contributed by atoms with Gasteiger partial charge in [-0.3, -0.25) is 4.40 Å². The fraction of sp³-hybridized carbons (Fsp3) is 0.188. The van der Waals surface area contributed by atoms with E-state index in [0.717, 1.165) is 16.8 Å². The number of primary amides is 1. The molecular weight excluding hydrogens is 296 g/mol. The van der Waals surface area contributed by atoms with Crippen LogP contribution in [0.4, 0.5) is 4.79 Å². The van der Waals surface area contributed by atoms with Gasteiger partial charge in [0.1, 0.15) is 6.61 Å². The van der Waals surface area contributed by atoms with E-state index in [2.05, 4.69) is 9.97 Å². The number of carbonyl (C=O) groups is 1. The van der Waals surface area contributed by atoms with Gasteiger partial charge in [-0.2, -0.15) is 0 Å². The van der Waals surface area contributed by atoms with Crippen LogP contribution in [0.5, 0.6) is 0 Å². The minimum absolute atomic E-state index is 0.0275. The molecule has 2 heterocycles. The van der Waals surface area contributed by atoms with E-state index in [1.54, 1.807) is 13.2 Å². The number of benzene rings is 1. The Labute approximate surface area is 132 Å². The number of ether oxygens (including phenoxy) is 2. The van der Waals surface area contributed by atoms with Crippen molar-refractivity contribution >= 4 is 11.9 Å². The minimum Gasteiger partial charge on any atom is -0.443 e. The number of amides is 1. The lowest BCUT2D eigenvalue weighted by Crippen LogP contribution is -2.13. The Morgan fingerprint density at radius 3 is 2.65 bits per heavy atom. The van der Waals surface area contributed by atoms with Gasteiger partial charge in [-0.15, -0.1) is 0 Å². The summed E-state index contributed by atoms with van der Waals surface area (Å²) in [6.45, 7) is 0.607. The van der Waals surface area contributed by atoms with Crippen LogP contribution >= 0.6 is 0 Å². The number of nitrogens with zero attached hydrogens (tertiary/aromatic N) is 3. The first-order chi connectivity index (χ1) is 11.2. The summed E-state index contributed by atoms with van der Waals surface area (Å²) in [5.41, 5.74) is 8.44. The van der Waals surface area contributed by atoms with E-state index >= 15 is 0 Å². The normalized spacial score (nSPS) is 10.8. The maximum Gasteiger partial charge on any atom is 0.404 e. The molecule has 0 aliphatic heterocycles. The molecule has 0 radical (unpaired) electrons. The molecule has 0 saturated carbocycles. The molecule has 3 aromatic rings. The number of carbonyl (C=O) groups excluding carboxylic acids is 1. The first-order valence-electron chi connectivity index (χ1n) is 7.01. The summed E-state index contributed by atoms with van der Waals surface area (Å²) >= 11 is 0. The van der Waals surface area contributed by atoms with E-state index in [1.807, 2.05) is 41.1 Å². The number of hydrogen-bond acceptors (Lipinski definition) is 5. The average Bonchev–Trinajstić information content (AvgIpc) is 2.97. The number of rotatable bonds is 5. The van der Waals surface area contributed by atoms with E-state index in [0.29, 0.717) is 18.1 Å². The molecule has 0 spiro atoms. The maximum absolute atomic E-state index is 10.6. The third-order valence-electron chi connectivity index (χ3n) is 3.31. The Bertz CT molecular complexity index is 827. The van der Waals surface area contributed by atoms with Crippen LogP contribution in [0.15, 0.2) is 42.7 Å². The van der Waals surface area contributed by atoms with Crippen LogP contribution in [0.2, 0.25) is 0 Å². The molecule has 118 valence electrons. The number of imidazole rings is 1. The highest BCUT2D eigenvalue weighted by atomic mass is 16.5. The van der Waals surface area contributed by atoms with Gasteiger partial charge < -0.3 is 15.2 Å². The van der Waals surface area contributed by atoms with E-state index < -0.39 is 6.09 Å². The van der Waals surface area contributed by atoms with Crippen LogP contribution in [0.25, 0.3) is 17.0 Å². The van der Waals surface area contributed by atoms with Crippen molar-refractivity contribution < 1.29 is 14.3 Å². The summed E-state index contributed by atoms with van der Waals surface area (Å²) in [5.74, 6) is 0.534. The molecule has 2 N–H and O–H groups in total. The van der Waals surface area contributed by atoms with Crippen LogP contribution in [0, 0.1) is 0 Å². The zero-order valence-corrected chi connectivity index (χ0v) is 12.6. The van der Waals surface area contributed by atoms with Crippen LogP contribution in [-0.4, -0.2) is 27.6 Å². The van der Waals surface area contributed by atoms with Crippen molar-refractivity contribution in [2.24, 2.45) is 5.73 Å². The highest BCUT2D eigenvalue weighted by molar-refractivity contribution is 5.64. The van der Waals surface area contributed by atoms with Gasteiger partial charge in [0.2, 0.25) is 5.78 Å². The van der Waals surface area contributed by atoms with Crippen LogP contribution in [0.3, 0.4) is 0 Å². The van der Waals surface area contributed by atoms with Gasteiger partial charge in [-0.05, 0) is 11.6 Å². The van der Waals surface area contributed by atoms with Gasteiger partial charge in [0, 0.05) is 25.1 Å². The minimum atomic E-state index is -0.827. The Kier molecular flexibility index (Phi) is 4.20. The van der Waals surface area contributed by atoms with Crippen molar-refractivity contribution in [1.82, 2.24) is 14.4 Å². The lowest BCUT2D eigenvalue weighted by molar-refractivity contribution is 0.149. The first-order valence-corrected chi connectivity index (χ1v) is 7.01. The molecule has 23 heavy (non-hydrogen) atoms. The zero-order chi connectivity index (χ0) is 16.2.